The second kappa shape index (κ2) is 4.55. The van der Waals surface area contributed by atoms with Crippen molar-refractivity contribution >= 4 is 0 Å². The molecule has 0 aromatic rings. The zero-order valence-corrected chi connectivity index (χ0v) is 9.57. The van der Waals surface area contributed by atoms with Crippen molar-refractivity contribution in [3.05, 3.63) is 0 Å². The maximum absolute atomic E-state index is 9.79. The Hall–Kier alpha value is -0.200. The normalized spacial score (nSPS) is 16.1. The average molecular weight is 206 g/mol. The SMILES string of the molecule is CNCC(O)N(C(C)(C)O)C(C)(C)O. The summed E-state index contributed by atoms with van der Waals surface area (Å²) < 4.78 is 0. The van der Waals surface area contributed by atoms with Gasteiger partial charge >= 0.3 is 0 Å². The fraction of sp³-hybridized carbons (Fsp3) is 1.00. The van der Waals surface area contributed by atoms with Crippen LogP contribution >= 0.6 is 0 Å². The van der Waals surface area contributed by atoms with Crippen molar-refractivity contribution in [2.75, 3.05) is 13.6 Å². The smallest absolute Gasteiger partial charge is 0.124 e. The summed E-state index contributed by atoms with van der Waals surface area (Å²) in [5.74, 6) is 0. The minimum absolute atomic E-state index is 0.272. The first-order chi connectivity index (χ1) is 6.10. The molecule has 14 heavy (non-hydrogen) atoms. The highest BCUT2D eigenvalue weighted by molar-refractivity contribution is 4.81. The van der Waals surface area contributed by atoms with Crippen molar-refractivity contribution in [3.8, 4) is 0 Å². The van der Waals surface area contributed by atoms with Gasteiger partial charge in [0.2, 0.25) is 0 Å². The lowest BCUT2D eigenvalue weighted by Gasteiger charge is -2.45. The Bertz CT molecular complexity index is 158. The van der Waals surface area contributed by atoms with E-state index in [1.165, 1.54) is 32.6 Å². The molecule has 0 aliphatic rings. The van der Waals surface area contributed by atoms with Gasteiger partial charge in [-0.15, -0.1) is 0 Å². The summed E-state index contributed by atoms with van der Waals surface area (Å²) in [7, 11) is 1.69. The topological polar surface area (TPSA) is 76.0 Å². The minimum Gasteiger partial charge on any atom is -0.377 e. The Morgan fingerprint density at radius 3 is 1.71 bits per heavy atom. The van der Waals surface area contributed by atoms with E-state index in [1.807, 2.05) is 0 Å². The molecule has 5 nitrogen and oxygen atoms in total. The van der Waals surface area contributed by atoms with Gasteiger partial charge in [0, 0.05) is 6.54 Å². The molecule has 0 heterocycles. The summed E-state index contributed by atoms with van der Waals surface area (Å²) in [5.41, 5.74) is -2.57. The standard InChI is InChI=1S/C9H22N2O3/c1-8(2,13)11(9(3,4)14)7(12)6-10-5/h7,10,12-14H,6H2,1-5H3. The molecule has 0 aliphatic carbocycles. The third-order valence-corrected chi connectivity index (χ3v) is 1.86. The molecule has 0 amide bonds. The number of nitrogens with one attached hydrogen (secondary N) is 1. The molecule has 0 bridgehead atoms. The molecule has 0 aliphatic heterocycles. The molecule has 0 fully saturated rings. The Morgan fingerprint density at radius 2 is 1.50 bits per heavy atom. The van der Waals surface area contributed by atoms with Gasteiger partial charge < -0.3 is 20.6 Å². The van der Waals surface area contributed by atoms with Crippen molar-refractivity contribution in [1.82, 2.24) is 10.2 Å². The third-order valence-electron chi connectivity index (χ3n) is 1.86. The molecular weight excluding hydrogens is 184 g/mol. The van der Waals surface area contributed by atoms with Crippen molar-refractivity contribution in [3.63, 3.8) is 0 Å². The summed E-state index contributed by atoms with van der Waals surface area (Å²) in [6.45, 7) is 6.34. The minimum atomic E-state index is -1.28. The van der Waals surface area contributed by atoms with Gasteiger partial charge in [-0.2, -0.15) is 0 Å². The summed E-state index contributed by atoms with van der Waals surface area (Å²) in [4.78, 5) is 1.23. The van der Waals surface area contributed by atoms with Crippen LogP contribution in [-0.4, -0.2) is 51.5 Å². The van der Waals surface area contributed by atoms with E-state index in [9.17, 15) is 15.3 Å². The van der Waals surface area contributed by atoms with Gasteiger partial charge in [-0.25, -0.2) is 4.90 Å². The first kappa shape index (κ1) is 13.8. The molecule has 0 saturated heterocycles. The van der Waals surface area contributed by atoms with E-state index in [4.69, 9.17) is 0 Å². The van der Waals surface area contributed by atoms with E-state index >= 15 is 0 Å². The molecule has 0 aromatic heterocycles. The second-order valence-electron chi connectivity index (χ2n) is 4.40. The predicted molar refractivity (Wildman–Crippen MR) is 54.4 cm³/mol. The lowest BCUT2D eigenvalue weighted by molar-refractivity contribution is -0.254. The van der Waals surface area contributed by atoms with Gasteiger partial charge in [0.15, 0.2) is 0 Å². The molecule has 5 heteroatoms. The van der Waals surface area contributed by atoms with E-state index in [2.05, 4.69) is 5.32 Å². The fourth-order valence-corrected chi connectivity index (χ4v) is 1.67. The Labute approximate surface area is 85.4 Å². The Morgan fingerprint density at radius 1 is 1.14 bits per heavy atom. The van der Waals surface area contributed by atoms with Crippen molar-refractivity contribution in [1.29, 1.82) is 0 Å². The molecule has 1 unspecified atom stereocenters. The molecule has 1 atom stereocenters. The molecule has 0 spiro atoms. The zero-order valence-electron chi connectivity index (χ0n) is 9.57. The highest BCUT2D eigenvalue weighted by Crippen LogP contribution is 2.23. The first-order valence-electron chi connectivity index (χ1n) is 4.67. The van der Waals surface area contributed by atoms with E-state index in [1.54, 1.807) is 7.05 Å². The van der Waals surface area contributed by atoms with Crippen LogP contribution in [0.5, 0.6) is 0 Å². The maximum atomic E-state index is 9.79. The lowest BCUT2D eigenvalue weighted by Crippen LogP contribution is -2.62. The molecule has 0 aromatic carbocycles. The third kappa shape index (κ3) is 3.89. The number of nitrogens with zero attached hydrogens (tertiary/aromatic N) is 1. The van der Waals surface area contributed by atoms with Crippen LogP contribution in [0.3, 0.4) is 0 Å². The molecule has 4 N–H and O–H groups in total. The quantitative estimate of drug-likeness (QED) is 0.447. The summed E-state index contributed by atoms with van der Waals surface area (Å²) in [6, 6.07) is 0. The van der Waals surface area contributed by atoms with Crippen LogP contribution in [-0.2, 0) is 0 Å². The number of rotatable bonds is 5. The van der Waals surface area contributed by atoms with Crippen LogP contribution in [0.25, 0.3) is 0 Å². The largest absolute Gasteiger partial charge is 0.377 e. The summed E-state index contributed by atoms with van der Waals surface area (Å²) in [5, 5.41) is 32.1. The summed E-state index contributed by atoms with van der Waals surface area (Å²) >= 11 is 0. The molecule has 0 saturated carbocycles. The number of hydrogen-bond donors (Lipinski definition) is 4. The van der Waals surface area contributed by atoms with E-state index < -0.39 is 17.7 Å². The molecular formula is C9H22N2O3. The molecule has 86 valence electrons. The average Bonchev–Trinajstić information content (AvgIpc) is 1.78. The molecule has 0 rings (SSSR count). The van der Waals surface area contributed by atoms with E-state index in [0.717, 1.165) is 0 Å². The number of aliphatic hydroxyl groups is 3. The summed E-state index contributed by atoms with van der Waals surface area (Å²) in [6.07, 6.45) is -0.944. The van der Waals surface area contributed by atoms with Crippen LogP contribution < -0.4 is 5.32 Å². The Balaban J connectivity index is 4.74. The number of likely N-dealkylation sites (N-methyl/N-ethyl adjacent to an activating group) is 1. The van der Waals surface area contributed by atoms with Gasteiger partial charge in [0.05, 0.1) is 0 Å². The zero-order chi connectivity index (χ0) is 11.6. The van der Waals surface area contributed by atoms with Gasteiger partial charge in [-0.1, -0.05) is 0 Å². The highest BCUT2D eigenvalue weighted by atomic mass is 16.4. The van der Waals surface area contributed by atoms with Crippen molar-refractivity contribution < 1.29 is 15.3 Å². The van der Waals surface area contributed by atoms with Crippen LogP contribution in [0.2, 0.25) is 0 Å². The van der Waals surface area contributed by atoms with Crippen LogP contribution in [0, 0.1) is 0 Å². The van der Waals surface area contributed by atoms with Crippen LogP contribution in [0.15, 0.2) is 0 Å². The monoisotopic (exact) mass is 206 g/mol. The number of hydrogen-bond acceptors (Lipinski definition) is 5. The van der Waals surface area contributed by atoms with Gasteiger partial charge in [-0.3, -0.25) is 0 Å². The number of aliphatic hydroxyl groups excluding tert-OH is 1. The highest BCUT2D eigenvalue weighted by Gasteiger charge is 2.39. The second-order valence-corrected chi connectivity index (χ2v) is 4.40. The lowest BCUT2D eigenvalue weighted by atomic mass is 10.1. The van der Waals surface area contributed by atoms with Crippen LogP contribution in [0.1, 0.15) is 27.7 Å². The van der Waals surface area contributed by atoms with Crippen molar-refractivity contribution in [2.24, 2.45) is 0 Å². The van der Waals surface area contributed by atoms with Gasteiger partial charge in [-0.05, 0) is 34.7 Å². The Kier molecular flexibility index (Phi) is 4.48. The first-order valence-corrected chi connectivity index (χ1v) is 4.67. The maximum Gasteiger partial charge on any atom is 0.124 e. The predicted octanol–water partition coefficient (Wildman–Crippen LogP) is -0.717. The van der Waals surface area contributed by atoms with E-state index in [-0.39, 0.29) is 6.54 Å². The molecule has 0 radical (unpaired) electrons. The van der Waals surface area contributed by atoms with Gasteiger partial charge in [0.1, 0.15) is 17.7 Å². The van der Waals surface area contributed by atoms with E-state index in [0.29, 0.717) is 0 Å². The van der Waals surface area contributed by atoms with Crippen LogP contribution in [0.4, 0.5) is 0 Å². The van der Waals surface area contributed by atoms with Gasteiger partial charge in [0.25, 0.3) is 0 Å². The van der Waals surface area contributed by atoms with Crippen molar-refractivity contribution in [2.45, 2.75) is 45.4 Å². The fourth-order valence-electron chi connectivity index (χ4n) is 1.67.